The maximum atomic E-state index is 13.2. The van der Waals surface area contributed by atoms with Gasteiger partial charge in [-0.1, -0.05) is 17.7 Å². The van der Waals surface area contributed by atoms with E-state index >= 15 is 0 Å². The minimum absolute atomic E-state index is 0.105. The first kappa shape index (κ1) is 18.6. The van der Waals surface area contributed by atoms with E-state index in [1.54, 1.807) is 12.1 Å². The zero-order valence-electron chi connectivity index (χ0n) is 13.4. The molecule has 2 atom stereocenters. The average Bonchev–Trinajstić information content (AvgIpc) is 3.08. The number of hydrazine groups is 1. The Labute approximate surface area is 155 Å². The minimum atomic E-state index is -3.92. The number of anilines is 2. The lowest BCUT2D eigenvalue weighted by molar-refractivity contribution is -0.119. The molecule has 138 valence electrons. The van der Waals surface area contributed by atoms with Crippen molar-refractivity contribution in [2.24, 2.45) is 5.92 Å². The molecular weight excluding hydrogens is 383 g/mol. The lowest BCUT2D eigenvalue weighted by Gasteiger charge is -2.19. The second-order valence-electron chi connectivity index (χ2n) is 5.71. The van der Waals surface area contributed by atoms with Crippen molar-refractivity contribution in [3.63, 3.8) is 0 Å². The molecule has 4 N–H and O–H groups in total. The SMILES string of the molecule is O=C(Nc1cccc(F)c1)C1CNNC1S(=O)(=O)Nc1ccc(Cl)cc1. The van der Waals surface area contributed by atoms with E-state index in [2.05, 4.69) is 20.9 Å². The molecule has 0 bridgehead atoms. The van der Waals surface area contributed by atoms with Crippen molar-refractivity contribution < 1.29 is 17.6 Å². The minimum Gasteiger partial charge on any atom is -0.326 e. The Morgan fingerprint density at radius 2 is 1.88 bits per heavy atom. The highest BCUT2D eigenvalue weighted by atomic mass is 35.5. The van der Waals surface area contributed by atoms with Crippen LogP contribution >= 0.6 is 11.6 Å². The van der Waals surface area contributed by atoms with Crippen LogP contribution in [0, 0.1) is 11.7 Å². The molecule has 2 unspecified atom stereocenters. The van der Waals surface area contributed by atoms with Gasteiger partial charge in [-0.25, -0.2) is 18.2 Å². The third-order valence-electron chi connectivity index (χ3n) is 3.80. The largest absolute Gasteiger partial charge is 0.326 e. The fourth-order valence-corrected chi connectivity index (χ4v) is 4.16. The fourth-order valence-electron chi connectivity index (χ4n) is 2.55. The molecule has 1 fully saturated rings. The van der Waals surface area contributed by atoms with Crippen LogP contribution in [0.3, 0.4) is 0 Å². The molecule has 26 heavy (non-hydrogen) atoms. The summed E-state index contributed by atoms with van der Waals surface area (Å²) >= 11 is 5.78. The number of rotatable bonds is 5. The molecule has 10 heteroatoms. The van der Waals surface area contributed by atoms with E-state index < -0.39 is 33.0 Å². The summed E-state index contributed by atoms with van der Waals surface area (Å²) in [5.41, 5.74) is 5.85. The standard InChI is InChI=1S/C16H16ClFN4O3S/c17-10-4-6-12(7-5-10)22-26(24,25)16-14(9-19-21-16)15(23)20-13-3-1-2-11(18)8-13/h1-8,14,16,19,21-22H,9H2,(H,20,23). The molecule has 0 aromatic heterocycles. The molecular formula is C16H16ClFN4O3S. The highest BCUT2D eigenvalue weighted by Gasteiger charge is 2.41. The van der Waals surface area contributed by atoms with E-state index in [-0.39, 0.29) is 12.2 Å². The van der Waals surface area contributed by atoms with Gasteiger partial charge >= 0.3 is 0 Å². The van der Waals surface area contributed by atoms with E-state index in [9.17, 15) is 17.6 Å². The van der Waals surface area contributed by atoms with E-state index in [1.165, 1.54) is 30.3 Å². The Kier molecular flexibility index (Phi) is 5.42. The van der Waals surface area contributed by atoms with Crippen molar-refractivity contribution in [3.05, 3.63) is 59.4 Å². The first-order valence-corrected chi connectivity index (χ1v) is 9.59. The molecule has 1 aliphatic rings. The van der Waals surface area contributed by atoms with Gasteiger partial charge in [0.25, 0.3) is 10.0 Å². The topological polar surface area (TPSA) is 99.3 Å². The Balaban J connectivity index is 1.74. The molecule has 3 rings (SSSR count). The third kappa shape index (κ3) is 4.31. The molecule has 1 amide bonds. The van der Waals surface area contributed by atoms with Crippen LogP contribution in [0.1, 0.15) is 0 Å². The lowest BCUT2D eigenvalue weighted by Crippen LogP contribution is -2.45. The molecule has 1 heterocycles. The van der Waals surface area contributed by atoms with Crippen LogP contribution in [0.4, 0.5) is 15.8 Å². The number of benzene rings is 2. The molecule has 7 nitrogen and oxygen atoms in total. The van der Waals surface area contributed by atoms with Gasteiger partial charge in [-0.05, 0) is 42.5 Å². The fraction of sp³-hybridized carbons (Fsp3) is 0.188. The molecule has 1 saturated heterocycles. The molecule has 2 aromatic rings. The number of sulfonamides is 1. The first-order chi connectivity index (χ1) is 12.3. The van der Waals surface area contributed by atoms with Gasteiger partial charge in [0.1, 0.15) is 5.82 Å². The summed E-state index contributed by atoms with van der Waals surface area (Å²) < 4.78 is 40.9. The van der Waals surface area contributed by atoms with Crippen LogP contribution in [0.15, 0.2) is 48.5 Å². The quantitative estimate of drug-likeness (QED) is 0.616. The van der Waals surface area contributed by atoms with Gasteiger partial charge in [0.15, 0.2) is 5.37 Å². The van der Waals surface area contributed by atoms with Crippen molar-refractivity contribution in [3.8, 4) is 0 Å². The van der Waals surface area contributed by atoms with Gasteiger partial charge in [0.2, 0.25) is 5.91 Å². The summed E-state index contributed by atoms with van der Waals surface area (Å²) in [7, 11) is -3.92. The predicted octanol–water partition coefficient (Wildman–Crippen LogP) is 1.91. The number of hydrogen-bond donors (Lipinski definition) is 4. The van der Waals surface area contributed by atoms with Gasteiger partial charge in [-0.2, -0.15) is 0 Å². The number of nitrogens with one attached hydrogen (secondary N) is 4. The van der Waals surface area contributed by atoms with Crippen molar-refractivity contribution in [1.82, 2.24) is 10.9 Å². The predicted molar refractivity (Wildman–Crippen MR) is 97.4 cm³/mol. The van der Waals surface area contributed by atoms with Crippen molar-refractivity contribution in [2.75, 3.05) is 16.6 Å². The highest BCUT2D eigenvalue weighted by Crippen LogP contribution is 2.21. The Hall–Kier alpha value is -2.20. The van der Waals surface area contributed by atoms with Gasteiger partial charge in [0.05, 0.1) is 5.92 Å². The van der Waals surface area contributed by atoms with Crippen molar-refractivity contribution in [2.45, 2.75) is 5.37 Å². The molecule has 2 aromatic carbocycles. The van der Waals surface area contributed by atoms with E-state index in [0.717, 1.165) is 6.07 Å². The Bertz CT molecular complexity index is 908. The summed E-state index contributed by atoms with van der Waals surface area (Å²) in [4.78, 5) is 12.5. The molecule has 1 aliphatic heterocycles. The van der Waals surface area contributed by atoms with Crippen LogP contribution < -0.4 is 20.9 Å². The zero-order valence-corrected chi connectivity index (χ0v) is 14.9. The Morgan fingerprint density at radius 3 is 2.58 bits per heavy atom. The van der Waals surface area contributed by atoms with Gasteiger partial charge in [-0.3, -0.25) is 14.9 Å². The average molecular weight is 399 g/mol. The van der Waals surface area contributed by atoms with E-state index in [0.29, 0.717) is 10.7 Å². The molecule has 0 saturated carbocycles. The highest BCUT2D eigenvalue weighted by molar-refractivity contribution is 7.93. The van der Waals surface area contributed by atoms with Crippen molar-refractivity contribution >= 4 is 38.9 Å². The number of carbonyl (C=O) groups is 1. The third-order valence-corrected chi connectivity index (χ3v) is 5.69. The van der Waals surface area contributed by atoms with Crippen LogP contribution in [-0.2, 0) is 14.8 Å². The number of hydrogen-bond acceptors (Lipinski definition) is 5. The lowest BCUT2D eigenvalue weighted by atomic mass is 10.1. The molecule has 0 spiro atoms. The maximum absolute atomic E-state index is 13.2. The monoisotopic (exact) mass is 398 g/mol. The smallest absolute Gasteiger partial charge is 0.250 e. The molecule has 0 aliphatic carbocycles. The second kappa shape index (κ2) is 7.58. The van der Waals surface area contributed by atoms with Gasteiger partial charge in [-0.15, -0.1) is 0 Å². The summed E-state index contributed by atoms with van der Waals surface area (Å²) in [5, 5.41) is 1.80. The van der Waals surface area contributed by atoms with Crippen LogP contribution in [0.5, 0.6) is 0 Å². The van der Waals surface area contributed by atoms with Crippen LogP contribution in [0.25, 0.3) is 0 Å². The first-order valence-electron chi connectivity index (χ1n) is 7.67. The number of halogens is 2. The van der Waals surface area contributed by atoms with Crippen molar-refractivity contribution in [1.29, 1.82) is 0 Å². The summed E-state index contributed by atoms with van der Waals surface area (Å²) in [6, 6.07) is 11.5. The zero-order chi connectivity index (χ0) is 18.7. The van der Waals surface area contributed by atoms with Gasteiger partial charge < -0.3 is 5.32 Å². The normalized spacial score (nSPS) is 19.9. The maximum Gasteiger partial charge on any atom is 0.250 e. The second-order valence-corrected chi connectivity index (χ2v) is 7.94. The number of carbonyl (C=O) groups excluding carboxylic acids is 1. The van der Waals surface area contributed by atoms with Crippen LogP contribution in [-0.4, -0.2) is 26.2 Å². The van der Waals surface area contributed by atoms with E-state index in [4.69, 9.17) is 11.6 Å². The number of amides is 1. The molecule has 0 radical (unpaired) electrons. The summed E-state index contributed by atoms with van der Waals surface area (Å²) in [6.07, 6.45) is 0. The summed E-state index contributed by atoms with van der Waals surface area (Å²) in [5.74, 6) is -1.96. The van der Waals surface area contributed by atoms with E-state index in [1.807, 2.05) is 0 Å². The van der Waals surface area contributed by atoms with Gasteiger partial charge in [0, 0.05) is 22.9 Å². The summed E-state index contributed by atoms with van der Waals surface area (Å²) in [6.45, 7) is 0.105. The Morgan fingerprint density at radius 1 is 1.15 bits per heavy atom. The van der Waals surface area contributed by atoms with Crippen LogP contribution in [0.2, 0.25) is 5.02 Å².